The molecule has 1 rings (SSSR count). The van der Waals surface area contributed by atoms with E-state index in [-0.39, 0.29) is 0 Å². The second-order valence-corrected chi connectivity index (χ2v) is 4.53. The summed E-state index contributed by atoms with van der Waals surface area (Å²) in [5.41, 5.74) is 8.66. The average Bonchev–Trinajstić information content (AvgIpc) is 2.56. The number of aromatic nitrogens is 1. The Morgan fingerprint density at radius 3 is 2.56 bits per heavy atom. The van der Waals surface area contributed by atoms with Crippen LogP contribution in [-0.4, -0.2) is 43.3 Å². The fraction of sp³-hybridized carbons (Fsp3) is 0.615. The van der Waals surface area contributed by atoms with Crippen LogP contribution in [0.2, 0.25) is 0 Å². The van der Waals surface area contributed by atoms with Gasteiger partial charge in [-0.15, -0.1) is 0 Å². The summed E-state index contributed by atoms with van der Waals surface area (Å²) in [4.78, 5) is 2.18. The summed E-state index contributed by atoms with van der Waals surface area (Å²) in [6.45, 7) is 7.23. The Kier molecular flexibility index (Phi) is 5.20. The highest BCUT2D eigenvalue weighted by Crippen LogP contribution is 2.23. The van der Waals surface area contributed by atoms with Gasteiger partial charge in [-0.3, -0.25) is 0 Å². The van der Waals surface area contributed by atoms with Crippen molar-refractivity contribution in [3.8, 4) is 6.07 Å². The van der Waals surface area contributed by atoms with Crippen LogP contribution in [-0.2, 0) is 11.3 Å². The zero-order chi connectivity index (χ0) is 13.7. The van der Waals surface area contributed by atoms with E-state index >= 15 is 0 Å². The smallest absolute Gasteiger partial charge is 0.122 e. The van der Waals surface area contributed by atoms with E-state index < -0.39 is 0 Å². The number of hydrogen-bond acceptors (Lipinski definition) is 4. The Morgan fingerprint density at radius 2 is 2.06 bits per heavy atom. The summed E-state index contributed by atoms with van der Waals surface area (Å²) in [6.07, 6.45) is 0. The number of hydrogen-bond donors (Lipinski definition) is 1. The molecule has 0 aliphatic carbocycles. The van der Waals surface area contributed by atoms with Gasteiger partial charge in [0.05, 0.1) is 12.2 Å². The molecular formula is C13H22N4O. The molecule has 2 N–H and O–H groups in total. The molecule has 0 saturated heterocycles. The van der Waals surface area contributed by atoms with Gasteiger partial charge in [0.1, 0.15) is 11.9 Å². The van der Waals surface area contributed by atoms with Gasteiger partial charge in [-0.05, 0) is 26.5 Å². The van der Waals surface area contributed by atoms with Crippen LogP contribution in [0.3, 0.4) is 0 Å². The topological polar surface area (TPSA) is 67.2 Å². The van der Waals surface area contributed by atoms with Crippen molar-refractivity contribution >= 4 is 5.82 Å². The van der Waals surface area contributed by atoms with Crippen molar-refractivity contribution in [2.24, 2.45) is 0 Å². The highest BCUT2D eigenvalue weighted by atomic mass is 16.5. The molecule has 0 amide bonds. The number of rotatable bonds is 6. The second-order valence-electron chi connectivity index (χ2n) is 4.53. The Morgan fingerprint density at radius 1 is 1.39 bits per heavy atom. The summed E-state index contributed by atoms with van der Waals surface area (Å²) in [6, 6.07) is 2.17. The molecule has 0 spiro atoms. The van der Waals surface area contributed by atoms with Crippen LogP contribution < -0.4 is 5.73 Å². The summed E-state index contributed by atoms with van der Waals surface area (Å²) in [5.74, 6) is 0.577. The zero-order valence-corrected chi connectivity index (χ0v) is 11.7. The minimum Gasteiger partial charge on any atom is -0.384 e. The molecule has 0 aliphatic heterocycles. The maximum Gasteiger partial charge on any atom is 0.122 e. The summed E-state index contributed by atoms with van der Waals surface area (Å²) in [7, 11) is 3.75. The SMILES string of the molecule is COCCN(C)CCn1c(C)c(C)c(C#N)c1N. The molecule has 0 atom stereocenters. The molecule has 0 unspecified atom stereocenters. The van der Waals surface area contributed by atoms with E-state index in [9.17, 15) is 0 Å². The largest absolute Gasteiger partial charge is 0.384 e. The quantitative estimate of drug-likeness (QED) is 0.822. The third kappa shape index (κ3) is 3.03. The van der Waals surface area contributed by atoms with Crippen molar-refractivity contribution < 1.29 is 4.74 Å². The van der Waals surface area contributed by atoms with E-state index in [1.165, 1.54) is 0 Å². The number of nitrogens with two attached hydrogens (primary N) is 1. The molecule has 0 saturated carbocycles. The van der Waals surface area contributed by atoms with E-state index in [2.05, 4.69) is 11.0 Å². The molecule has 1 heterocycles. The van der Waals surface area contributed by atoms with Gasteiger partial charge in [-0.1, -0.05) is 0 Å². The first-order valence-electron chi connectivity index (χ1n) is 6.05. The van der Waals surface area contributed by atoms with E-state index in [1.54, 1.807) is 7.11 Å². The van der Waals surface area contributed by atoms with Crippen LogP contribution in [0.1, 0.15) is 16.8 Å². The van der Waals surface area contributed by atoms with E-state index in [0.717, 1.165) is 37.5 Å². The van der Waals surface area contributed by atoms with Gasteiger partial charge < -0.3 is 19.9 Å². The molecule has 1 aromatic heterocycles. The third-order valence-corrected chi connectivity index (χ3v) is 3.36. The van der Waals surface area contributed by atoms with Crippen LogP contribution in [0, 0.1) is 25.2 Å². The Balaban J connectivity index is 2.71. The lowest BCUT2D eigenvalue weighted by atomic mass is 10.2. The number of nitriles is 1. The van der Waals surface area contributed by atoms with Crippen LogP contribution in [0.25, 0.3) is 0 Å². The van der Waals surface area contributed by atoms with Gasteiger partial charge in [0.25, 0.3) is 0 Å². The summed E-state index contributed by atoms with van der Waals surface area (Å²) in [5, 5.41) is 9.06. The lowest BCUT2D eigenvalue weighted by Gasteiger charge is -2.17. The first kappa shape index (κ1) is 14.6. The van der Waals surface area contributed by atoms with Gasteiger partial charge in [-0.25, -0.2) is 0 Å². The minimum absolute atomic E-state index is 0.577. The fourth-order valence-electron chi connectivity index (χ4n) is 1.95. The maximum absolute atomic E-state index is 9.06. The van der Waals surface area contributed by atoms with Gasteiger partial charge in [0.15, 0.2) is 0 Å². The zero-order valence-electron chi connectivity index (χ0n) is 11.7. The van der Waals surface area contributed by atoms with Crippen molar-refractivity contribution in [2.75, 3.05) is 39.6 Å². The van der Waals surface area contributed by atoms with Crippen molar-refractivity contribution in [3.63, 3.8) is 0 Å². The molecule has 18 heavy (non-hydrogen) atoms. The predicted molar refractivity (Wildman–Crippen MR) is 72.4 cm³/mol. The Bertz CT molecular complexity index is 445. The molecule has 5 nitrogen and oxygen atoms in total. The lowest BCUT2D eigenvalue weighted by molar-refractivity contribution is 0.159. The first-order chi connectivity index (χ1) is 8.52. The molecule has 0 bridgehead atoms. The van der Waals surface area contributed by atoms with Gasteiger partial charge in [0, 0.05) is 32.4 Å². The fourth-order valence-corrected chi connectivity index (χ4v) is 1.95. The second kappa shape index (κ2) is 6.43. The number of methoxy groups -OCH3 is 1. The van der Waals surface area contributed by atoms with Crippen LogP contribution in [0.5, 0.6) is 0 Å². The minimum atomic E-state index is 0.577. The summed E-state index contributed by atoms with van der Waals surface area (Å²) < 4.78 is 7.05. The molecule has 1 aromatic rings. The van der Waals surface area contributed by atoms with Crippen LogP contribution in [0.4, 0.5) is 5.82 Å². The molecule has 0 aromatic carbocycles. The van der Waals surface area contributed by atoms with Gasteiger partial charge in [0.2, 0.25) is 0 Å². The van der Waals surface area contributed by atoms with Crippen molar-refractivity contribution in [1.29, 1.82) is 5.26 Å². The van der Waals surface area contributed by atoms with Crippen molar-refractivity contribution in [3.05, 3.63) is 16.8 Å². The van der Waals surface area contributed by atoms with Crippen LogP contribution >= 0.6 is 0 Å². The molecule has 0 aliphatic rings. The molecule has 5 heteroatoms. The predicted octanol–water partition coefficient (Wildman–Crippen LogP) is 1.14. The lowest BCUT2D eigenvalue weighted by Crippen LogP contribution is -2.27. The molecule has 0 radical (unpaired) electrons. The molecular weight excluding hydrogens is 228 g/mol. The van der Waals surface area contributed by atoms with Crippen LogP contribution in [0.15, 0.2) is 0 Å². The first-order valence-corrected chi connectivity index (χ1v) is 6.05. The van der Waals surface area contributed by atoms with E-state index in [1.807, 2.05) is 25.5 Å². The molecule has 0 fully saturated rings. The summed E-state index contributed by atoms with van der Waals surface area (Å²) >= 11 is 0. The number of ether oxygens (including phenoxy) is 1. The van der Waals surface area contributed by atoms with Gasteiger partial charge >= 0.3 is 0 Å². The number of nitrogens with zero attached hydrogens (tertiary/aromatic N) is 3. The van der Waals surface area contributed by atoms with Crippen molar-refractivity contribution in [1.82, 2.24) is 9.47 Å². The third-order valence-electron chi connectivity index (χ3n) is 3.36. The number of anilines is 1. The highest BCUT2D eigenvalue weighted by Gasteiger charge is 2.14. The Hall–Kier alpha value is -1.51. The van der Waals surface area contributed by atoms with Gasteiger partial charge in [-0.2, -0.15) is 5.26 Å². The number of likely N-dealkylation sites (N-methyl/N-ethyl adjacent to an activating group) is 1. The standard InChI is InChI=1S/C13H22N4O/c1-10-11(2)17(13(15)12(10)9-14)6-5-16(3)7-8-18-4/h5-8,15H2,1-4H3. The van der Waals surface area contributed by atoms with E-state index in [0.29, 0.717) is 11.4 Å². The van der Waals surface area contributed by atoms with Crippen molar-refractivity contribution in [2.45, 2.75) is 20.4 Å². The average molecular weight is 250 g/mol. The maximum atomic E-state index is 9.06. The highest BCUT2D eigenvalue weighted by molar-refractivity contribution is 5.57. The normalized spacial score (nSPS) is 10.9. The van der Waals surface area contributed by atoms with E-state index in [4.69, 9.17) is 15.7 Å². The molecule has 100 valence electrons. The Labute approximate surface area is 109 Å². The monoisotopic (exact) mass is 250 g/mol. The number of nitrogen functional groups attached to an aromatic ring is 1.